The molecule has 1 aromatic carbocycles. The van der Waals surface area contributed by atoms with Crippen LogP contribution in [0.2, 0.25) is 0 Å². The van der Waals surface area contributed by atoms with Gasteiger partial charge in [0, 0.05) is 32.0 Å². The number of hydrogen-bond donors (Lipinski definition) is 1. The number of methoxy groups -OCH3 is 1. The Labute approximate surface area is 144 Å². The van der Waals surface area contributed by atoms with Crippen LogP contribution in [-0.4, -0.2) is 54.0 Å². The van der Waals surface area contributed by atoms with Crippen LogP contribution in [0.3, 0.4) is 0 Å². The summed E-state index contributed by atoms with van der Waals surface area (Å²) in [6.45, 7) is 0.0439. The normalized spacial score (nSPS) is 12.0. The first-order chi connectivity index (χ1) is 12.0. The van der Waals surface area contributed by atoms with E-state index in [-0.39, 0.29) is 31.0 Å². The molecule has 0 spiro atoms. The van der Waals surface area contributed by atoms with E-state index in [1.165, 1.54) is 23.7 Å². The highest BCUT2D eigenvalue weighted by molar-refractivity contribution is 6.00. The van der Waals surface area contributed by atoms with E-state index in [0.717, 1.165) is 0 Å². The number of ether oxygens (including phenoxy) is 3. The third-order valence-corrected chi connectivity index (χ3v) is 3.60. The van der Waals surface area contributed by atoms with E-state index in [9.17, 15) is 9.59 Å². The molecule has 9 heteroatoms. The number of aromatic nitrogens is 2. The van der Waals surface area contributed by atoms with Crippen LogP contribution < -0.4 is 19.5 Å². The third kappa shape index (κ3) is 3.49. The Morgan fingerprint density at radius 2 is 2.12 bits per heavy atom. The molecule has 2 heterocycles. The summed E-state index contributed by atoms with van der Waals surface area (Å²) in [5.74, 6) is 0.732. The van der Waals surface area contributed by atoms with Crippen molar-refractivity contribution in [2.75, 3.05) is 32.8 Å². The zero-order valence-corrected chi connectivity index (χ0v) is 14.1. The molecule has 0 bridgehead atoms. The van der Waals surface area contributed by atoms with Crippen molar-refractivity contribution in [3.63, 3.8) is 0 Å². The molecule has 2 amide bonds. The number of carbonyl (C=O) groups excluding carboxylic acids is 2. The minimum Gasteiger partial charge on any atom is -0.479 e. The monoisotopic (exact) mass is 346 g/mol. The number of benzene rings is 1. The summed E-state index contributed by atoms with van der Waals surface area (Å²) in [6, 6.07) is 5.09. The maximum Gasteiger partial charge on any atom is 0.261 e. The number of amides is 2. The SMILES string of the molecule is COc1nn(C)cc1C(=O)N(C)CC(=O)Nc1ccc2c(c1)OCO2. The van der Waals surface area contributed by atoms with Crippen molar-refractivity contribution >= 4 is 17.5 Å². The van der Waals surface area contributed by atoms with E-state index in [4.69, 9.17) is 14.2 Å². The molecule has 0 atom stereocenters. The molecule has 0 aliphatic carbocycles. The van der Waals surface area contributed by atoms with Gasteiger partial charge in [-0.05, 0) is 12.1 Å². The van der Waals surface area contributed by atoms with Gasteiger partial charge in [-0.25, -0.2) is 0 Å². The predicted octanol–water partition coefficient (Wildman–Crippen LogP) is 0.868. The van der Waals surface area contributed by atoms with Crippen LogP contribution in [0, 0.1) is 0 Å². The first-order valence-corrected chi connectivity index (χ1v) is 7.50. The van der Waals surface area contributed by atoms with E-state index in [1.807, 2.05) is 0 Å². The number of hydrogen-bond acceptors (Lipinski definition) is 6. The maximum absolute atomic E-state index is 12.5. The number of fused-ring (bicyclic) bond motifs is 1. The zero-order chi connectivity index (χ0) is 18.0. The van der Waals surface area contributed by atoms with Gasteiger partial charge in [-0.3, -0.25) is 14.3 Å². The number of rotatable bonds is 5. The molecule has 0 saturated carbocycles. The summed E-state index contributed by atoms with van der Waals surface area (Å²) >= 11 is 0. The fourth-order valence-electron chi connectivity index (χ4n) is 2.43. The Balaban J connectivity index is 1.63. The fraction of sp³-hybridized carbons (Fsp3) is 0.312. The van der Waals surface area contributed by atoms with Crippen LogP contribution in [0.5, 0.6) is 17.4 Å². The van der Waals surface area contributed by atoms with E-state index in [1.54, 1.807) is 31.4 Å². The van der Waals surface area contributed by atoms with Crippen molar-refractivity contribution in [3.05, 3.63) is 30.0 Å². The Morgan fingerprint density at radius 1 is 1.36 bits per heavy atom. The molecule has 1 N–H and O–H groups in total. The first-order valence-electron chi connectivity index (χ1n) is 7.50. The zero-order valence-electron chi connectivity index (χ0n) is 14.1. The average Bonchev–Trinajstić information content (AvgIpc) is 3.19. The molecule has 9 nitrogen and oxygen atoms in total. The summed E-state index contributed by atoms with van der Waals surface area (Å²) in [5, 5.41) is 6.76. The first kappa shape index (κ1) is 16.6. The minimum absolute atomic E-state index is 0.120. The van der Waals surface area contributed by atoms with Crippen molar-refractivity contribution in [1.82, 2.24) is 14.7 Å². The number of aryl methyl sites for hydroxylation is 1. The Hall–Kier alpha value is -3.23. The van der Waals surface area contributed by atoms with Crippen LogP contribution in [-0.2, 0) is 11.8 Å². The second-order valence-electron chi connectivity index (χ2n) is 5.50. The molecule has 1 aromatic heterocycles. The lowest BCUT2D eigenvalue weighted by Gasteiger charge is -2.16. The molecule has 2 aromatic rings. The van der Waals surface area contributed by atoms with Gasteiger partial charge in [-0.1, -0.05) is 0 Å². The quantitative estimate of drug-likeness (QED) is 0.863. The number of carbonyl (C=O) groups is 2. The van der Waals surface area contributed by atoms with Gasteiger partial charge in [-0.2, -0.15) is 0 Å². The summed E-state index contributed by atoms with van der Waals surface area (Å²) in [5.41, 5.74) is 0.859. The van der Waals surface area contributed by atoms with Gasteiger partial charge in [0.1, 0.15) is 5.56 Å². The highest BCUT2D eigenvalue weighted by atomic mass is 16.7. The van der Waals surface area contributed by atoms with Gasteiger partial charge >= 0.3 is 0 Å². The van der Waals surface area contributed by atoms with E-state index in [0.29, 0.717) is 22.7 Å². The molecular formula is C16H18N4O5. The van der Waals surface area contributed by atoms with E-state index >= 15 is 0 Å². The number of nitrogens with one attached hydrogen (secondary N) is 1. The molecule has 1 aliphatic heterocycles. The molecule has 3 rings (SSSR count). The molecule has 0 saturated heterocycles. The van der Waals surface area contributed by atoms with Gasteiger partial charge in [0.15, 0.2) is 11.5 Å². The van der Waals surface area contributed by atoms with Crippen molar-refractivity contribution in [3.8, 4) is 17.4 Å². The lowest BCUT2D eigenvalue weighted by molar-refractivity contribution is -0.116. The maximum atomic E-state index is 12.5. The van der Waals surface area contributed by atoms with Gasteiger partial charge in [-0.15, -0.1) is 5.10 Å². The van der Waals surface area contributed by atoms with E-state index in [2.05, 4.69) is 10.4 Å². The number of likely N-dealkylation sites (N-methyl/N-ethyl adjacent to an activating group) is 1. The Bertz CT molecular complexity index is 817. The highest BCUT2D eigenvalue weighted by Crippen LogP contribution is 2.34. The Kier molecular flexibility index (Phi) is 4.46. The van der Waals surface area contributed by atoms with Crippen LogP contribution in [0.4, 0.5) is 5.69 Å². The third-order valence-electron chi connectivity index (χ3n) is 3.60. The predicted molar refractivity (Wildman–Crippen MR) is 87.9 cm³/mol. The second kappa shape index (κ2) is 6.71. The smallest absolute Gasteiger partial charge is 0.261 e. The lowest BCUT2D eigenvalue weighted by atomic mass is 10.2. The topological polar surface area (TPSA) is 94.9 Å². The summed E-state index contributed by atoms with van der Waals surface area (Å²) < 4.78 is 17.0. The van der Waals surface area contributed by atoms with E-state index < -0.39 is 0 Å². The average molecular weight is 346 g/mol. The fourth-order valence-corrected chi connectivity index (χ4v) is 2.43. The van der Waals surface area contributed by atoms with Gasteiger partial charge in [0.05, 0.1) is 13.7 Å². The van der Waals surface area contributed by atoms with Crippen LogP contribution in [0.1, 0.15) is 10.4 Å². The summed E-state index contributed by atoms with van der Waals surface area (Å²) in [7, 11) is 4.66. The number of anilines is 1. The highest BCUT2D eigenvalue weighted by Gasteiger charge is 2.22. The summed E-state index contributed by atoms with van der Waals surface area (Å²) in [6.07, 6.45) is 1.55. The van der Waals surface area contributed by atoms with Crippen LogP contribution in [0.25, 0.3) is 0 Å². The minimum atomic E-state index is -0.356. The van der Waals surface area contributed by atoms with Gasteiger partial charge in [0.25, 0.3) is 5.91 Å². The van der Waals surface area contributed by atoms with Crippen LogP contribution >= 0.6 is 0 Å². The molecule has 0 radical (unpaired) electrons. The van der Waals surface area contributed by atoms with Crippen molar-refractivity contribution < 1.29 is 23.8 Å². The van der Waals surface area contributed by atoms with Gasteiger partial charge in [0.2, 0.25) is 18.6 Å². The molecular weight excluding hydrogens is 328 g/mol. The Morgan fingerprint density at radius 3 is 2.88 bits per heavy atom. The van der Waals surface area contributed by atoms with Crippen molar-refractivity contribution in [2.45, 2.75) is 0 Å². The molecule has 1 aliphatic rings. The molecule has 132 valence electrons. The molecule has 0 unspecified atom stereocenters. The van der Waals surface area contributed by atoms with Crippen molar-refractivity contribution in [1.29, 1.82) is 0 Å². The van der Waals surface area contributed by atoms with Crippen LogP contribution in [0.15, 0.2) is 24.4 Å². The standard InChI is InChI=1S/C16H18N4O5/c1-19(16(22)11-7-20(2)18-15(11)23-3)8-14(21)17-10-4-5-12-13(6-10)25-9-24-12/h4-7H,8-9H2,1-3H3,(H,17,21). The molecule has 25 heavy (non-hydrogen) atoms. The lowest BCUT2D eigenvalue weighted by Crippen LogP contribution is -2.35. The molecule has 0 fully saturated rings. The number of nitrogens with zero attached hydrogens (tertiary/aromatic N) is 3. The van der Waals surface area contributed by atoms with Gasteiger partial charge < -0.3 is 24.4 Å². The second-order valence-corrected chi connectivity index (χ2v) is 5.50. The largest absolute Gasteiger partial charge is 0.479 e. The van der Waals surface area contributed by atoms with Crippen molar-refractivity contribution in [2.24, 2.45) is 7.05 Å². The summed E-state index contributed by atoms with van der Waals surface area (Å²) in [4.78, 5) is 25.9.